The molecule has 0 saturated heterocycles. The van der Waals surface area contributed by atoms with Crippen LogP contribution in [0.1, 0.15) is 6.92 Å². The summed E-state index contributed by atoms with van der Waals surface area (Å²) < 4.78 is 1.97. The third kappa shape index (κ3) is 2.47. The first-order valence-corrected chi connectivity index (χ1v) is 2.93. The molecule has 1 aromatic heterocycles. The predicted octanol–water partition coefficient (Wildman–Crippen LogP) is -1.53. The summed E-state index contributed by atoms with van der Waals surface area (Å²) in [5, 5.41) is 0. The monoisotopic (exact) mass is 247 g/mol. The van der Waals surface area contributed by atoms with Crippen molar-refractivity contribution in [2.45, 2.75) is 6.92 Å². The summed E-state index contributed by atoms with van der Waals surface area (Å²) in [7, 11) is 0. The molecule has 0 bridgehead atoms. The summed E-state index contributed by atoms with van der Waals surface area (Å²) >= 11 is 0. The van der Waals surface area contributed by atoms with Gasteiger partial charge in [-0.15, -0.1) is 0 Å². The maximum absolute atomic E-state index is 3.79. The summed E-state index contributed by atoms with van der Waals surface area (Å²) in [6.07, 6.45) is 3.95. The van der Waals surface area contributed by atoms with E-state index in [0.717, 1.165) is 5.70 Å². The molecule has 2 heteroatoms. The van der Waals surface area contributed by atoms with Gasteiger partial charge in [0.1, 0.15) is 0 Å². The molecule has 0 atom stereocenters. The van der Waals surface area contributed by atoms with Gasteiger partial charge in [-0.05, 0) is 6.58 Å². The van der Waals surface area contributed by atoms with E-state index in [9.17, 15) is 0 Å². The SMILES string of the molecule is C=C(C)[n+]1ccccc1.[I-]. The molecule has 0 aliphatic heterocycles. The van der Waals surface area contributed by atoms with Crippen LogP contribution in [0, 0.1) is 0 Å². The predicted molar refractivity (Wildman–Crippen MR) is 37.6 cm³/mol. The average molecular weight is 247 g/mol. The maximum atomic E-state index is 3.79. The van der Waals surface area contributed by atoms with Gasteiger partial charge in [0.25, 0.3) is 0 Å². The molecule has 0 amide bonds. The van der Waals surface area contributed by atoms with E-state index in [-0.39, 0.29) is 24.0 Å². The van der Waals surface area contributed by atoms with E-state index >= 15 is 0 Å². The molecule has 54 valence electrons. The molecule has 0 aliphatic carbocycles. The van der Waals surface area contributed by atoms with Gasteiger partial charge < -0.3 is 24.0 Å². The number of aromatic nitrogens is 1. The largest absolute Gasteiger partial charge is 1.00 e. The minimum Gasteiger partial charge on any atom is -1.00 e. The van der Waals surface area contributed by atoms with Crippen molar-refractivity contribution in [1.82, 2.24) is 0 Å². The molecule has 1 aromatic rings. The van der Waals surface area contributed by atoms with Crippen LogP contribution in [0.25, 0.3) is 5.70 Å². The summed E-state index contributed by atoms with van der Waals surface area (Å²) in [4.78, 5) is 0. The van der Waals surface area contributed by atoms with Gasteiger partial charge in [-0.25, -0.2) is 0 Å². The highest BCUT2D eigenvalue weighted by molar-refractivity contribution is 5.21. The van der Waals surface area contributed by atoms with E-state index in [1.165, 1.54) is 0 Å². The fourth-order valence-electron chi connectivity index (χ4n) is 0.653. The smallest absolute Gasteiger partial charge is 0.176 e. The zero-order valence-electron chi connectivity index (χ0n) is 5.92. The van der Waals surface area contributed by atoms with Gasteiger partial charge in [-0.1, -0.05) is 6.07 Å². The fourth-order valence-corrected chi connectivity index (χ4v) is 0.653. The summed E-state index contributed by atoms with van der Waals surface area (Å²) in [6.45, 7) is 5.76. The van der Waals surface area contributed by atoms with E-state index in [4.69, 9.17) is 0 Å². The van der Waals surface area contributed by atoms with Crippen LogP contribution >= 0.6 is 0 Å². The first-order chi connectivity index (χ1) is 4.30. The number of pyridine rings is 1. The van der Waals surface area contributed by atoms with Gasteiger partial charge in [0.2, 0.25) is 0 Å². The minimum absolute atomic E-state index is 0. The van der Waals surface area contributed by atoms with E-state index < -0.39 is 0 Å². The van der Waals surface area contributed by atoms with Gasteiger partial charge in [0.05, 0.1) is 0 Å². The average Bonchev–Trinajstić information content (AvgIpc) is 1.90. The molecule has 1 heterocycles. The maximum Gasteiger partial charge on any atom is 0.176 e. The molecule has 0 spiro atoms. The molecule has 0 saturated carbocycles. The Morgan fingerprint density at radius 3 is 2.00 bits per heavy atom. The van der Waals surface area contributed by atoms with Crippen molar-refractivity contribution in [3.63, 3.8) is 0 Å². The lowest BCUT2D eigenvalue weighted by atomic mass is 10.4. The Kier molecular flexibility index (Phi) is 4.27. The van der Waals surface area contributed by atoms with Crippen LogP contribution in [0.3, 0.4) is 0 Å². The number of halogens is 1. The van der Waals surface area contributed by atoms with Gasteiger partial charge in [0.15, 0.2) is 18.1 Å². The minimum atomic E-state index is 0. The molecule has 0 N–H and O–H groups in total. The van der Waals surface area contributed by atoms with Crippen LogP contribution in [0.4, 0.5) is 0 Å². The summed E-state index contributed by atoms with van der Waals surface area (Å²) in [5.41, 5.74) is 1.04. The molecule has 0 unspecified atom stereocenters. The second kappa shape index (κ2) is 4.44. The second-order valence-electron chi connectivity index (χ2n) is 2.02. The molecule has 10 heavy (non-hydrogen) atoms. The number of hydrogen-bond donors (Lipinski definition) is 0. The third-order valence-electron chi connectivity index (χ3n) is 1.16. The van der Waals surface area contributed by atoms with E-state index in [1.807, 2.05) is 42.1 Å². The molecule has 1 nitrogen and oxygen atoms in total. The standard InChI is InChI=1S/C8H10N.HI/c1-8(2)9-6-4-3-5-7-9;/h3-7H,1H2,2H3;1H/q+1;/p-1. The zero-order chi connectivity index (χ0) is 6.69. The van der Waals surface area contributed by atoms with Crippen molar-refractivity contribution in [3.8, 4) is 0 Å². The van der Waals surface area contributed by atoms with Gasteiger partial charge in [0, 0.05) is 19.1 Å². The van der Waals surface area contributed by atoms with Crippen LogP contribution in [0.5, 0.6) is 0 Å². The lowest BCUT2D eigenvalue weighted by molar-refractivity contribution is -0.581. The lowest BCUT2D eigenvalue weighted by Gasteiger charge is -1.88. The molecule has 0 fully saturated rings. The van der Waals surface area contributed by atoms with Crippen LogP contribution in [0.15, 0.2) is 37.2 Å². The van der Waals surface area contributed by atoms with Crippen molar-refractivity contribution >= 4 is 5.70 Å². The molecular weight excluding hydrogens is 237 g/mol. The molecular formula is C8H10IN. The highest BCUT2D eigenvalue weighted by atomic mass is 127. The molecule has 0 radical (unpaired) electrons. The first-order valence-electron chi connectivity index (χ1n) is 2.93. The highest BCUT2D eigenvalue weighted by Crippen LogP contribution is 1.84. The number of allylic oxidation sites excluding steroid dienone is 1. The van der Waals surface area contributed by atoms with Crippen LogP contribution < -0.4 is 28.5 Å². The summed E-state index contributed by atoms with van der Waals surface area (Å²) in [6, 6.07) is 5.95. The van der Waals surface area contributed by atoms with Crippen LogP contribution in [-0.4, -0.2) is 0 Å². The van der Waals surface area contributed by atoms with Crippen molar-refractivity contribution in [1.29, 1.82) is 0 Å². The Morgan fingerprint density at radius 2 is 1.70 bits per heavy atom. The zero-order valence-corrected chi connectivity index (χ0v) is 8.08. The molecule has 0 aliphatic rings. The lowest BCUT2D eigenvalue weighted by Crippen LogP contribution is -3.00. The Bertz CT molecular complexity index is 206. The Hall–Kier alpha value is -0.380. The van der Waals surface area contributed by atoms with Crippen molar-refractivity contribution in [3.05, 3.63) is 37.2 Å². The van der Waals surface area contributed by atoms with Crippen LogP contribution in [-0.2, 0) is 0 Å². The van der Waals surface area contributed by atoms with Gasteiger partial charge in [-0.2, -0.15) is 4.57 Å². The molecule has 1 rings (SSSR count). The van der Waals surface area contributed by atoms with Gasteiger partial charge in [-0.3, -0.25) is 0 Å². The topological polar surface area (TPSA) is 3.88 Å². The summed E-state index contributed by atoms with van der Waals surface area (Å²) in [5.74, 6) is 0. The quantitative estimate of drug-likeness (QED) is 0.419. The van der Waals surface area contributed by atoms with E-state index in [2.05, 4.69) is 6.58 Å². The Balaban J connectivity index is 0.000000810. The normalized spacial score (nSPS) is 8.10. The van der Waals surface area contributed by atoms with Crippen molar-refractivity contribution in [2.24, 2.45) is 0 Å². The van der Waals surface area contributed by atoms with Crippen LogP contribution in [0.2, 0.25) is 0 Å². The van der Waals surface area contributed by atoms with E-state index in [0.29, 0.717) is 0 Å². The second-order valence-corrected chi connectivity index (χ2v) is 2.02. The molecule has 0 aromatic carbocycles. The number of hydrogen-bond acceptors (Lipinski definition) is 0. The third-order valence-corrected chi connectivity index (χ3v) is 1.16. The van der Waals surface area contributed by atoms with E-state index in [1.54, 1.807) is 0 Å². The Morgan fingerprint density at radius 1 is 1.20 bits per heavy atom. The first kappa shape index (κ1) is 9.62. The van der Waals surface area contributed by atoms with Gasteiger partial charge >= 0.3 is 0 Å². The number of rotatable bonds is 1. The number of nitrogens with zero attached hydrogens (tertiary/aromatic N) is 1. The van der Waals surface area contributed by atoms with Crippen molar-refractivity contribution < 1.29 is 28.5 Å². The van der Waals surface area contributed by atoms with Crippen molar-refractivity contribution in [2.75, 3.05) is 0 Å². The Labute approximate surface area is 78.4 Å². The highest BCUT2D eigenvalue weighted by Gasteiger charge is 1.94. The fraction of sp³-hybridized carbons (Fsp3) is 0.125.